The second-order valence-corrected chi connectivity index (χ2v) is 11.3. The van der Waals surface area contributed by atoms with Gasteiger partial charge in [0.25, 0.3) is 5.56 Å². The third kappa shape index (κ3) is 8.04. The maximum Gasteiger partial charge on any atom is 0.269 e. The normalized spacial score (nSPS) is 12.2. The highest BCUT2D eigenvalue weighted by Gasteiger charge is 2.25. The largest absolute Gasteiger partial charge is 0.269 e. The van der Waals surface area contributed by atoms with E-state index >= 15 is 0 Å². The van der Waals surface area contributed by atoms with E-state index in [1.807, 2.05) is 0 Å². The third-order valence-electron chi connectivity index (χ3n) is 7.06. The van der Waals surface area contributed by atoms with Gasteiger partial charge >= 0.3 is 0 Å². The number of nitrogens with zero attached hydrogens (tertiary/aromatic N) is 1. The van der Waals surface area contributed by atoms with Gasteiger partial charge in [0.15, 0.2) is 0 Å². The summed E-state index contributed by atoms with van der Waals surface area (Å²) in [6, 6.07) is 4.47. The zero-order valence-electron chi connectivity index (χ0n) is 21.7. The topological polar surface area (TPSA) is 22.0 Å². The van der Waals surface area contributed by atoms with E-state index in [2.05, 4.69) is 50.7 Å². The van der Waals surface area contributed by atoms with Crippen LogP contribution in [0.15, 0.2) is 16.9 Å². The minimum absolute atomic E-state index is 0.101. The van der Waals surface area contributed by atoms with Gasteiger partial charge in [-0.1, -0.05) is 122 Å². The van der Waals surface area contributed by atoms with Crippen molar-refractivity contribution in [3.05, 3.63) is 33.6 Å². The summed E-state index contributed by atoms with van der Waals surface area (Å²) in [6.07, 6.45) is 21.0. The molecule has 3 heteroatoms. The zero-order chi connectivity index (χ0) is 23.4. The second-order valence-electron chi connectivity index (χ2n) is 10.3. The Morgan fingerprint density at radius 2 is 1.28 bits per heavy atom. The van der Waals surface area contributed by atoms with Crippen LogP contribution in [0.2, 0.25) is 0 Å². The van der Waals surface area contributed by atoms with Crippen LogP contribution < -0.4 is 5.56 Å². The molecule has 0 aliphatic rings. The van der Waals surface area contributed by atoms with Gasteiger partial charge < -0.3 is 0 Å². The van der Waals surface area contributed by atoms with Gasteiger partial charge in [-0.3, -0.25) is 8.75 Å². The van der Waals surface area contributed by atoms with Crippen LogP contribution in [0, 0.1) is 0 Å². The van der Waals surface area contributed by atoms with Gasteiger partial charge in [-0.25, -0.2) is 0 Å². The Kier molecular flexibility index (Phi) is 12.1. The molecule has 0 aliphatic carbocycles. The smallest absolute Gasteiger partial charge is 0.268 e. The first-order valence-corrected chi connectivity index (χ1v) is 14.4. The fraction of sp³-hybridized carbons (Fsp3) is 0.759. The molecule has 0 amide bonds. The van der Waals surface area contributed by atoms with E-state index in [-0.39, 0.29) is 11.1 Å². The summed E-state index contributed by atoms with van der Waals surface area (Å²) in [5.74, 6) is 0. The van der Waals surface area contributed by atoms with Crippen LogP contribution in [0.25, 0.3) is 10.1 Å². The van der Waals surface area contributed by atoms with Crippen molar-refractivity contribution < 1.29 is 0 Å². The Balaban J connectivity index is 1.73. The number of fused-ring (bicyclic) bond motifs is 1. The minimum Gasteiger partial charge on any atom is -0.268 e. The average Bonchev–Trinajstić information content (AvgIpc) is 3.13. The maximum absolute atomic E-state index is 13.3. The van der Waals surface area contributed by atoms with Crippen LogP contribution in [0.1, 0.15) is 136 Å². The Labute approximate surface area is 202 Å². The highest BCUT2D eigenvalue weighted by Crippen LogP contribution is 2.30. The van der Waals surface area contributed by atoms with Crippen molar-refractivity contribution in [2.45, 2.75) is 143 Å². The van der Waals surface area contributed by atoms with Gasteiger partial charge in [0.2, 0.25) is 0 Å². The lowest BCUT2D eigenvalue weighted by molar-refractivity contribution is 0.329. The molecule has 2 rings (SSSR count). The van der Waals surface area contributed by atoms with Crippen LogP contribution >= 0.6 is 11.5 Å². The van der Waals surface area contributed by atoms with Crippen molar-refractivity contribution in [3.63, 3.8) is 0 Å². The molecule has 0 bridgehead atoms. The Morgan fingerprint density at radius 1 is 0.750 bits per heavy atom. The molecule has 0 unspecified atom stereocenters. The SMILES string of the molecule is CCCCCCCCCCCCCCCC(C)(C)n1sc2cc(CC)cc(CC)c2c1=O. The van der Waals surface area contributed by atoms with Gasteiger partial charge in [-0.05, 0) is 50.3 Å². The van der Waals surface area contributed by atoms with Gasteiger partial charge in [0.1, 0.15) is 0 Å². The molecule has 0 atom stereocenters. The monoisotopic (exact) mass is 459 g/mol. The van der Waals surface area contributed by atoms with Crippen LogP contribution in [-0.4, -0.2) is 3.96 Å². The maximum atomic E-state index is 13.3. The lowest BCUT2D eigenvalue weighted by Gasteiger charge is -2.25. The van der Waals surface area contributed by atoms with Gasteiger partial charge in [0, 0.05) is 0 Å². The first kappa shape index (κ1) is 27.2. The molecule has 0 saturated heterocycles. The van der Waals surface area contributed by atoms with E-state index in [1.165, 1.54) is 99.3 Å². The lowest BCUT2D eigenvalue weighted by Crippen LogP contribution is -2.32. The molecule has 2 nitrogen and oxygen atoms in total. The number of aromatic nitrogens is 1. The van der Waals surface area contributed by atoms with E-state index in [0.29, 0.717) is 0 Å². The first-order valence-electron chi connectivity index (χ1n) is 13.6. The van der Waals surface area contributed by atoms with Crippen molar-refractivity contribution >= 4 is 21.6 Å². The van der Waals surface area contributed by atoms with Gasteiger partial charge in [-0.15, -0.1) is 0 Å². The van der Waals surface area contributed by atoms with Crippen LogP contribution in [-0.2, 0) is 18.4 Å². The summed E-state index contributed by atoms with van der Waals surface area (Å²) < 4.78 is 3.24. The zero-order valence-corrected chi connectivity index (χ0v) is 22.5. The van der Waals surface area contributed by atoms with Gasteiger partial charge in [-0.2, -0.15) is 0 Å². The number of hydrogen-bond acceptors (Lipinski definition) is 2. The van der Waals surface area contributed by atoms with E-state index in [9.17, 15) is 4.79 Å². The molecule has 0 radical (unpaired) electrons. The summed E-state index contributed by atoms with van der Waals surface area (Å²) in [5.41, 5.74) is 2.69. The first-order chi connectivity index (χ1) is 15.4. The summed E-state index contributed by atoms with van der Waals surface area (Å²) in [5, 5.41) is 0.966. The summed E-state index contributed by atoms with van der Waals surface area (Å²) in [7, 11) is 0. The molecule has 1 heterocycles. The molecular formula is C29H49NOS. The third-order valence-corrected chi connectivity index (χ3v) is 8.42. The molecular weight excluding hydrogens is 410 g/mol. The van der Waals surface area contributed by atoms with Crippen LogP contribution in [0.5, 0.6) is 0 Å². The second kappa shape index (κ2) is 14.2. The molecule has 2 aromatic rings. The summed E-state index contributed by atoms with van der Waals surface area (Å²) in [6.45, 7) is 11.1. The number of hydrogen-bond donors (Lipinski definition) is 0. The summed E-state index contributed by atoms with van der Waals surface area (Å²) in [4.78, 5) is 13.3. The van der Waals surface area contributed by atoms with E-state index in [4.69, 9.17) is 0 Å². The molecule has 0 saturated carbocycles. The Morgan fingerprint density at radius 3 is 1.78 bits per heavy atom. The Hall–Kier alpha value is -1.09. The molecule has 1 aromatic carbocycles. The van der Waals surface area contributed by atoms with Gasteiger partial charge in [0.05, 0.1) is 15.6 Å². The number of benzene rings is 1. The minimum atomic E-state index is -0.101. The van der Waals surface area contributed by atoms with E-state index in [0.717, 1.165) is 24.6 Å². The molecule has 0 N–H and O–H groups in total. The average molecular weight is 460 g/mol. The molecule has 182 valence electrons. The highest BCUT2D eigenvalue weighted by atomic mass is 32.1. The predicted molar refractivity (Wildman–Crippen MR) is 144 cm³/mol. The molecule has 32 heavy (non-hydrogen) atoms. The standard InChI is InChI=1S/C29H49NOS/c1-6-9-10-11-12-13-14-15-16-17-18-19-20-21-29(4,5)30-28(31)27-25(8-3)22-24(7-2)23-26(27)32-30/h22-23H,6-21H2,1-5H3. The van der Waals surface area contributed by atoms with Crippen molar-refractivity contribution in [1.29, 1.82) is 0 Å². The van der Waals surface area contributed by atoms with Crippen molar-refractivity contribution in [2.75, 3.05) is 0 Å². The predicted octanol–water partition coefficient (Wildman–Crippen LogP) is 9.40. The fourth-order valence-electron chi connectivity index (χ4n) is 4.85. The quantitative estimate of drug-likeness (QED) is 0.216. The van der Waals surface area contributed by atoms with Crippen molar-refractivity contribution in [3.8, 4) is 0 Å². The van der Waals surface area contributed by atoms with E-state index < -0.39 is 0 Å². The molecule has 0 spiro atoms. The highest BCUT2D eigenvalue weighted by molar-refractivity contribution is 7.14. The van der Waals surface area contributed by atoms with Crippen LogP contribution in [0.4, 0.5) is 0 Å². The number of unbranched alkanes of at least 4 members (excludes halogenated alkanes) is 12. The molecule has 0 aliphatic heterocycles. The van der Waals surface area contributed by atoms with Crippen LogP contribution in [0.3, 0.4) is 0 Å². The van der Waals surface area contributed by atoms with Crippen molar-refractivity contribution in [1.82, 2.24) is 3.96 Å². The molecule has 0 fully saturated rings. The lowest BCUT2D eigenvalue weighted by atomic mass is 9.96. The van der Waals surface area contributed by atoms with E-state index in [1.54, 1.807) is 11.5 Å². The summed E-state index contributed by atoms with van der Waals surface area (Å²) >= 11 is 1.68. The molecule has 1 aromatic heterocycles. The number of aryl methyl sites for hydroxylation is 2. The fourth-order valence-corrected chi connectivity index (χ4v) is 6.07. The van der Waals surface area contributed by atoms with Crippen molar-refractivity contribution in [2.24, 2.45) is 0 Å². The number of rotatable bonds is 17. The Bertz CT molecular complexity index is 845.